The lowest BCUT2D eigenvalue weighted by Crippen LogP contribution is -2.17. The van der Waals surface area contributed by atoms with Crippen molar-refractivity contribution in [1.29, 1.82) is 0 Å². The number of esters is 1. The number of anilines is 1. The van der Waals surface area contributed by atoms with Crippen molar-refractivity contribution in [1.82, 2.24) is 0 Å². The fourth-order valence-corrected chi connectivity index (χ4v) is 2.10. The predicted octanol–water partition coefficient (Wildman–Crippen LogP) is 5.32. The number of carbonyl (C=O) groups excluding carboxylic acids is 1. The van der Waals surface area contributed by atoms with Crippen molar-refractivity contribution in [2.24, 2.45) is 0 Å². The van der Waals surface area contributed by atoms with Gasteiger partial charge in [-0.1, -0.05) is 69.6 Å². The van der Waals surface area contributed by atoms with E-state index in [4.69, 9.17) is 74.3 Å². The second kappa shape index (κ2) is 7.67. The van der Waals surface area contributed by atoms with Gasteiger partial charge >= 0.3 is 5.97 Å². The van der Waals surface area contributed by atoms with E-state index in [-0.39, 0.29) is 13.2 Å². The lowest BCUT2D eigenvalue weighted by Gasteiger charge is -2.19. The lowest BCUT2D eigenvalue weighted by molar-refractivity contribution is -0.140. The van der Waals surface area contributed by atoms with Gasteiger partial charge in [-0.05, 0) is 25.1 Å². The molecule has 0 saturated heterocycles. The average molecular weight is 414 g/mol. The van der Waals surface area contributed by atoms with Gasteiger partial charge in [-0.15, -0.1) is 0 Å². The quantitative estimate of drug-likeness (QED) is 0.536. The molecule has 1 N–H and O–H groups in total. The van der Waals surface area contributed by atoms with Gasteiger partial charge in [0, 0.05) is 16.8 Å². The Hall–Kier alpha value is 0.230. The number of ether oxygens (including phenoxy) is 1. The fraction of sp³-hybridized carbons (Fsp3) is 0.417. The second-order valence-corrected chi connectivity index (χ2v) is 8.52. The zero-order chi connectivity index (χ0) is 16.3. The predicted molar refractivity (Wildman–Crippen MR) is 90.0 cm³/mol. The largest absolute Gasteiger partial charge is 0.465 e. The summed E-state index contributed by atoms with van der Waals surface area (Å²) >= 11 is 35.1. The molecule has 118 valence electrons. The molecule has 1 aromatic carbocycles. The van der Waals surface area contributed by atoms with E-state index in [1.807, 2.05) is 0 Å². The summed E-state index contributed by atoms with van der Waals surface area (Å²) in [5, 5.41) is 2.83. The first-order valence-electron chi connectivity index (χ1n) is 5.73. The molecule has 0 radical (unpaired) electrons. The maximum Gasteiger partial charge on any atom is 0.325 e. The van der Waals surface area contributed by atoms with E-state index < -0.39 is 13.6 Å². The summed E-state index contributed by atoms with van der Waals surface area (Å²) in [6.45, 7) is 1.94. The van der Waals surface area contributed by atoms with Crippen molar-refractivity contribution in [3.05, 3.63) is 29.3 Å². The monoisotopic (exact) mass is 411 g/mol. The molecule has 0 atom stereocenters. The Morgan fingerprint density at radius 3 is 1.90 bits per heavy atom. The Kier molecular flexibility index (Phi) is 7.04. The van der Waals surface area contributed by atoms with Crippen LogP contribution in [0.25, 0.3) is 0 Å². The van der Waals surface area contributed by atoms with Crippen LogP contribution in [0, 0.1) is 0 Å². The third-order valence-electron chi connectivity index (χ3n) is 2.33. The van der Waals surface area contributed by atoms with Crippen LogP contribution in [0.1, 0.15) is 18.1 Å². The van der Waals surface area contributed by atoms with Crippen LogP contribution >= 0.6 is 69.6 Å². The molecule has 1 aromatic rings. The van der Waals surface area contributed by atoms with Crippen LogP contribution in [0.15, 0.2) is 18.2 Å². The van der Waals surface area contributed by atoms with Crippen molar-refractivity contribution < 1.29 is 9.53 Å². The van der Waals surface area contributed by atoms with E-state index in [9.17, 15) is 4.79 Å². The summed E-state index contributed by atoms with van der Waals surface area (Å²) in [5.74, 6) is -0.424. The molecular weight excluding hydrogens is 403 g/mol. The lowest BCUT2D eigenvalue weighted by atomic mass is 10.1. The van der Waals surface area contributed by atoms with Crippen molar-refractivity contribution in [3.8, 4) is 0 Å². The summed E-state index contributed by atoms with van der Waals surface area (Å²) in [7, 11) is 0. The Bertz CT molecular complexity index is 477. The molecule has 0 saturated carbocycles. The molecule has 0 aromatic heterocycles. The van der Waals surface area contributed by atoms with Crippen LogP contribution < -0.4 is 5.32 Å². The van der Waals surface area contributed by atoms with E-state index >= 15 is 0 Å². The minimum atomic E-state index is -1.69. The molecule has 0 amide bonds. The molecular formula is C12H11Cl6NO2. The zero-order valence-corrected chi connectivity index (χ0v) is 15.3. The molecule has 9 heteroatoms. The highest BCUT2D eigenvalue weighted by Crippen LogP contribution is 2.44. The van der Waals surface area contributed by atoms with Gasteiger partial charge in [0.05, 0.1) is 6.61 Å². The topological polar surface area (TPSA) is 38.3 Å². The second-order valence-electron chi connectivity index (χ2n) is 3.95. The Morgan fingerprint density at radius 2 is 1.52 bits per heavy atom. The van der Waals surface area contributed by atoms with Crippen LogP contribution in [0.3, 0.4) is 0 Å². The first kappa shape index (κ1) is 19.3. The number of benzene rings is 1. The molecule has 21 heavy (non-hydrogen) atoms. The number of halogens is 6. The van der Waals surface area contributed by atoms with Gasteiger partial charge in [0.1, 0.15) is 6.54 Å². The van der Waals surface area contributed by atoms with Gasteiger partial charge in [0.2, 0.25) is 7.59 Å². The highest BCUT2D eigenvalue weighted by atomic mass is 35.6. The van der Waals surface area contributed by atoms with Crippen LogP contribution in [-0.4, -0.2) is 19.1 Å². The highest BCUT2D eigenvalue weighted by molar-refractivity contribution is 6.67. The number of nitrogens with one attached hydrogen (secondary N) is 1. The van der Waals surface area contributed by atoms with E-state index in [1.165, 1.54) is 6.07 Å². The van der Waals surface area contributed by atoms with Crippen molar-refractivity contribution >= 4 is 81.3 Å². The summed E-state index contributed by atoms with van der Waals surface area (Å²) in [6.07, 6.45) is 0. The van der Waals surface area contributed by atoms with Crippen LogP contribution in [0.2, 0.25) is 0 Å². The number of alkyl halides is 6. The van der Waals surface area contributed by atoms with Gasteiger partial charge in [-0.2, -0.15) is 0 Å². The Morgan fingerprint density at radius 1 is 1.05 bits per heavy atom. The normalized spacial score (nSPS) is 12.1. The third kappa shape index (κ3) is 6.47. The van der Waals surface area contributed by atoms with Crippen LogP contribution in [0.5, 0.6) is 0 Å². The number of carbonyl (C=O) groups is 1. The molecule has 0 unspecified atom stereocenters. The van der Waals surface area contributed by atoms with E-state index in [0.29, 0.717) is 16.8 Å². The van der Waals surface area contributed by atoms with E-state index in [0.717, 1.165) is 0 Å². The van der Waals surface area contributed by atoms with E-state index in [1.54, 1.807) is 19.1 Å². The minimum Gasteiger partial charge on any atom is -0.465 e. The summed E-state index contributed by atoms with van der Waals surface area (Å²) in [6, 6.07) is 4.56. The zero-order valence-electron chi connectivity index (χ0n) is 10.7. The highest BCUT2D eigenvalue weighted by Gasteiger charge is 2.29. The molecule has 0 heterocycles. The number of rotatable bonds is 4. The first-order chi connectivity index (χ1) is 9.54. The van der Waals surface area contributed by atoms with E-state index in [2.05, 4.69) is 5.32 Å². The first-order valence-corrected chi connectivity index (χ1v) is 7.99. The van der Waals surface area contributed by atoms with Crippen LogP contribution in [0.4, 0.5) is 5.69 Å². The molecule has 0 bridgehead atoms. The molecule has 0 spiro atoms. The fourth-order valence-electron chi connectivity index (χ4n) is 1.44. The maximum atomic E-state index is 11.3. The van der Waals surface area contributed by atoms with Crippen molar-refractivity contribution in [2.75, 3.05) is 18.5 Å². The molecule has 0 aliphatic rings. The Labute approximate surface area is 152 Å². The van der Waals surface area contributed by atoms with Gasteiger partial charge in [0.15, 0.2) is 0 Å². The van der Waals surface area contributed by atoms with Gasteiger partial charge in [-0.3, -0.25) is 4.79 Å². The summed E-state index contributed by atoms with van der Waals surface area (Å²) in [4.78, 5) is 11.3. The van der Waals surface area contributed by atoms with Gasteiger partial charge in [0.25, 0.3) is 0 Å². The van der Waals surface area contributed by atoms with Crippen molar-refractivity contribution in [3.63, 3.8) is 0 Å². The Balaban J connectivity index is 3.06. The smallest absolute Gasteiger partial charge is 0.325 e. The number of hydrogen-bond donors (Lipinski definition) is 1. The average Bonchev–Trinajstić information content (AvgIpc) is 2.34. The molecule has 1 rings (SSSR count). The molecule has 0 aliphatic carbocycles. The van der Waals surface area contributed by atoms with Gasteiger partial charge < -0.3 is 10.1 Å². The van der Waals surface area contributed by atoms with Gasteiger partial charge in [-0.25, -0.2) is 0 Å². The summed E-state index contributed by atoms with van der Waals surface area (Å²) in [5.41, 5.74) is 1.08. The summed E-state index contributed by atoms with van der Waals surface area (Å²) < 4.78 is 1.42. The standard InChI is InChI=1S/C12H11Cl6NO2/c1-2-21-10(20)6-19-9-4-7(11(13,14)15)3-8(5-9)12(16,17)18/h3-5,19H,2,6H2,1H3. The molecule has 0 aliphatic heterocycles. The maximum absolute atomic E-state index is 11.3. The molecule has 3 nitrogen and oxygen atoms in total. The van der Waals surface area contributed by atoms with Crippen molar-refractivity contribution in [2.45, 2.75) is 14.5 Å². The number of hydrogen-bond acceptors (Lipinski definition) is 3. The molecule has 0 fully saturated rings. The minimum absolute atomic E-state index is 0.0591. The third-order valence-corrected chi connectivity index (χ3v) is 3.64. The SMILES string of the molecule is CCOC(=O)CNc1cc(C(Cl)(Cl)Cl)cc(C(Cl)(Cl)Cl)c1. The van der Waals surface area contributed by atoms with Crippen LogP contribution in [-0.2, 0) is 17.1 Å².